The van der Waals surface area contributed by atoms with Crippen LogP contribution in [0.25, 0.3) is 0 Å². The van der Waals surface area contributed by atoms with Crippen molar-refractivity contribution in [3.05, 3.63) is 35.4 Å². The van der Waals surface area contributed by atoms with E-state index in [1.807, 2.05) is 0 Å². The summed E-state index contributed by atoms with van der Waals surface area (Å²) in [4.78, 5) is 14.8. The van der Waals surface area contributed by atoms with Gasteiger partial charge in [0.1, 0.15) is 0 Å². The second kappa shape index (κ2) is 9.19. The number of urea groups is 1. The number of hydrogen-bond donors (Lipinski definition) is 1. The van der Waals surface area contributed by atoms with Crippen LogP contribution in [0, 0.1) is 11.8 Å². The molecular formula is C18H19F6N3O. The zero-order valence-electron chi connectivity index (χ0n) is 14.8. The van der Waals surface area contributed by atoms with Crippen molar-refractivity contribution < 1.29 is 31.1 Å². The van der Waals surface area contributed by atoms with Gasteiger partial charge in [-0.2, -0.15) is 26.3 Å². The molecule has 154 valence electrons. The Kier molecular flexibility index (Phi) is 7.18. The van der Waals surface area contributed by atoms with Crippen LogP contribution in [0.15, 0.2) is 24.3 Å². The predicted octanol–water partition coefficient (Wildman–Crippen LogP) is 3.34. The average molecular weight is 407 g/mol. The van der Waals surface area contributed by atoms with Crippen molar-refractivity contribution in [2.24, 2.45) is 0 Å². The van der Waals surface area contributed by atoms with E-state index in [1.165, 1.54) is 21.9 Å². The highest BCUT2D eigenvalue weighted by Crippen LogP contribution is 2.29. The molecule has 0 spiro atoms. The first-order valence-electron chi connectivity index (χ1n) is 8.52. The van der Waals surface area contributed by atoms with Gasteiger partial charge in [0.2, 0.25) is 0 Å². The second-order valence-electron chi connectivity index (χ2n) is 6.27. The molecule has 1 aromatic rings. The molecule has 0 radical (unpaired) electrons. The Morgan fingerprint density at radius 3 is 2.50 bits per heavy atom. The first-order valence-corrected chi connectivity index (χ1v) is 8.52. The van der Waals surface area contributed by atoms with E-state index in [2.05, 4.69) is 17.2 Å². The van der Waals surface area contributed by atoms with Gasteiger partial charge in [-0.15, -0.1) is 0 Å². The van der Waals surface area contributed by atoms with Crippen molar-refractivity contribution in [1.82, 2.24) is 15.1 Å². The summed E-state index contributed by atoms with van der Waals surface area (Å²) < 4.78 is 75.3. The number of nitrogens with one attached hydrogen (secondary N) is 1. The van der Waals surface area contributed by atoms with Crippen molar-refractivity contribution in [3.8, 4) is 11.8 Å². The van der Waals surface area contributed by atoms with E-state index >= 15 is 0 Å². The number of nitrogens with zero attached hydrogens (tertiary/aromatic N) is 2. The summed E-state index contributed by atoms with van der Waals surface area (Å²) in [6, 6.07) is 4.06. The normalized spacial score (nSPS) is 16.1. The first kappa shape index (κ1) is 21.9. The molecule has 10 heteroatoms. The number of alkyl halides is 6. The van der Waals surface area contributed by atoms with Crippen molar-refractivity contribution in [3.63, 3.8) is 0 Å². The molecule has 1 fully saturated rings. The van der Waals surface area contributed by atoms with Crippen molar-refractivity contribution in [2.45, 2.75) is 18.8 Å². The Hall–Kier alpha value is -2.41. The molecule has 2 amide bonds. The fourth-order valence-corrected chi connectivity index (χ4v) is 2.74. The first-order chi connectivity index (χ1) is 13.0. The molecule has 0 bridgehead atoms. The highest BCUT2D eigenvalue weighted by atomic mass is 19.4. The third kappa shape index (κ3) is 7.31. The smallest absolute Gasteiger partial charge is 0.327 e. The number of hydrogen-bond acceptors (Lipinski definition) is 2. The predicted molar refractivity (Wildman–Crippen MR) is 90.4 cm³/mol. The molecule has 0 unspecified atom stereocenters. The third-order valence-corrected chi connectivity index (χ3v) is 4.03. The van der Waals surface area contributed by atoms with Crippen LogP contribution < -0.4 is 5.32 Å². The SMILES string of the molecule is O=C(NCC#Cc1cccc(C(F)(F)F)c1)N1CCCN(CC(F)(F)F)CC1. The van der Waals surface area contributed by atoms with E-state index in [0.717, 1.165) is 12.1 Å². The molecule has 1 aromatic carbocycles. The van der Waals surface area contributed by atoms with Crippen molar-refractivity contribution in [1.29, 1.82) is 0 Å². The number of halogens is 6. The Bertz CT molecular complexity index is 735. The van der Waals surface area contributed by atoms with Crippen LogP contribution in [-0.4, -0.2) is 61.3 Å². The van der Waals surface area contributed by atoms with Gasteiger partial charge in [-0.05, 0) is 24.6 Å². The van der Waals surface area contributed by atoms with Crippen LogP contribution in [0.4, 0.5) is 31.1 Å². The minimum Gasteiger partial charge on any atom is -0.327 e. The van der Waals surface area contributed by atoms with E-state index in [1.54, 1.807) is 0 Å². The third-order valence-electron chi connectivity index (χ3n) is 4.03. The Morgan fingerprint density at radius 2 is 1.82 bits per heavy atom. The number of rotatable bonds is 2. The number of amides is 2. The largest absolute Gasteiger partial charge is 0.416 e. The molecular weight excluding hydrogens is 388 g/mol. The van der Waals surface area contributed by atoms with Gasteiger partial charge in [0.05, 0.1) is 18.7 Å². The minimum atomic E-state index is -4.46. The van der Waals surface area contributed by atoms with E-state index in [4.69, 9.17) is 0 Å². The van der Waals surface area contributed by atoms with Gasteiger partial charge in [0.15, 0.2) is 0 Å². The van der Waals surface area contributed by atoms with Crippen LogP contribution in [0.2, 0.25) is 0 Å². The number of carbonyl (C=O) groups excluding carboxylic acids is 1. The van der Waals surface area contributed by atoms with E-state index in [9.17, 15) is 31.1 Å². The van der Waals surface area contributed by atoms with E-state index < -0.39 is 30.5 Å². The summed E-state index contributed by atoms with van der Waals surface area (Å²) in [5, 5.41) is 2.51. The standard InChI is InChI=1S/C18H19F6N3O/c19-17(20,21)13-26-8-3-9-27(11-10-26)16(28)25-7-2-5-14-4-1-6-15(12-14)18(22,23)24/h1,4,6,12H,3,7-11,13H2,(H,25,28). The molecule has 4 nitrogen and oxygen atoms in total. The molecule has 0 saturated carbocycles. The Labute approximate surface area is 158 Å². The molecule has 1 aliphatic rings. The van der Waals surface area contributed by atoms with Crippen molar-refractivity contribution >= 4 is 6.03 Å². The lowest BCUT2D eigenvalue weighted by molar-refractivity contribution is -0.145. The molecule has 1 saturated heterocycles. The molecule has 0 aliphatic carbocycles. The highest BCUT2D eigenvalue weighted by Gasteiger charge is 2.32. The lowest BCUT2D eigenvalue weighted by atomic mass is 10.1. The Balaban J connectivity index is 1.83. The molecule has 1 aliphatic heterocycles. The maximum Gasteiger partial charge on any atom is 0.416 e. The van der Waals surface area contributed by atoms with Gasteiger partial charge in [-0.3, -0.25) is 4.90 Å². The summed E-state index contributed by atoms with van der Waals surface area (Å²) >= 11 is 0. The van der Waals surface area contributed by atoms with Gasteiger partial charge < -0.3 is 10.2 Å². The molecule has 0 aromatic heterocycles. The van der Waals surface area contributed by atoms with Crippen LogP contribution in [-0.2, 0) is 6.18 Å². The summed E-state index contributed by atoms with van der Waals surface area (Å²) in [5.41, 5.74) is -0.641. The van der Waals surface area contributed by atoms with Gasteiger partial charge in [0, 0.05) is 31.7 Å². The highest BCUT2D eigenvalue weighted by molar-refractivity contribution is 5.74. The van der Waals surface area contributed by atoms with Crippen molar-refractivity contribution in [2.75, 3.05) is 39.3 Å². The van der Waals surface area contributed by atoms with Gasteiger partial charge in [-0.25, -0.2) is 4.79 Å². The quantitative estimate of drug-likeness (QED) is 0.603. The van der Waals surface area contributed by atoms with Gasteiger partial charge in [-0.1, -0.05) is 17.9 Å². The fraction of sp³-hybridized carbons (Fsp3) is 0.500. The maximum atomic E-state index is 12.6. The summed E-state index contributed by atoms with van der Waals surface area (Å²) in [7, 11) is 0. The maximum absolute atomic E-state index is 12.6. The monoisotopic (exact) mass is 407 g/mol. The topological polar surface area (TPSA) is 35.6 Å². The summed E-state index contributed by atoms with van der Waals surface area (Å²) in [6.07, 6.45) is -8.32. The molecule has 2 rings (SSSR count). The summed E-state index contributed by atoms with van der Waals surface area (Å²) in [5.74, 6) is 5.11. The molecule has 1 N–H and O–H groups in total. The van der Waals surface area contributed by atoms with Crippen LogP contribution in [0.1, 0.15) is 17.5 Å². The molecule has 1 heterocycles. The molecule has 0 atom stereocenters. The second-order valence-corrected chi connectivity index (χ2v) is 6.27. The number of carbonyl (C=O) groups is 1. The minimum absolute atomic E-state index is 0.0855. The average Bonchev–Trinajstić information content (AvgIpc) is 2.82. The van der Waals surface area contributed by atoms with E-state index in [0.29, 0.717) is 13.0 Å². The Morgan fingerprint density at radius 1 is 1.07 bits per heavy atom. The van der Waals surface area contributed by atoms with Gasteiger partial charge in [0.25, 0.3) is 0 Å². The lowest BCUT2D eigenvalue weighted by Crippen LogP contribution is -2.43. The zero-order chi connectivity index (χ0) is 20.8. The van der Waals surface area contributed by atoms with Crippen LogP contribution >= 0.6 is 0 Å². The van der Waals surface area contributed by atoms with Gasteiger partial charge >= 0.3 is 18.4 Å². The fourth-order valence-electron chi connectivity index (χ4n) is 2.74. The number of benzene rings is 1. The van der Waals surface area contributed by atoms with E-state index in [-0.39, 0.29) is 31.7 Å². The molecule has 28 heavy (non-hydrogen) atoms. The summed E-state index contributed by atoms with van der Waals surface area (Å²) in [6.45, 7) is -0.255. The van der Waals surface area contributed by atoms with Crippen LogP contribution in [0.3, 0.4) is 0 Å². The zero-order valence-corrected chi connectivity index (χ0v) is 14.8. The van der Waals surface area contributed by atoms with Crippen LogP contribution in [0.5, 0.6) is 0 Å². The lowest BCUT2D eigenvalue weighted by Gasteiger charge is -2.22.